The molecule has 2 N–H and O–H groups in total. The summed E-state index contributed by atoms with van der Waals surface area (Å²) >= 11 is 0. The van der Waals surface area contributed by atoms with Crippen molar-refractivity contribution in [2.45, 2.75) is 25.7 Å². The van der Waals surface area contributed by atoms with E-state index in [0.717, 1.165) is 32.0 Å². The van der Waals surface area contributed by atoms with Gasteiger partial charge in [0, 0.05) is 30.9 Å². The van der Waals surface area contributed by atoms with Crippen LogP contribution in [0.1, 0.15) is 41.6 Å². The third kappa shape index (κ3) is 4.70. The van der Waals surface area contributed by atoms with E-state index in [1.807, 2.05) is 12.1 Å². The van der Waals surface area contributed by atoms with Gasteiger partial charge in [0.1, 0.15) is 5.82 Å². The number of ketones is 1. The fourth-order valence-electron chi connectivity index (χ4n) is 4.77. The molecule has 2 aromatic rings. The van der Waals surface area contributed by atoms with Crippen molar-refractivity contribution in [1.29, 1.82) is 0 Å². The molecule has 0 aromatic heterocycles. The predicted molar refractivity (Wildman–Crippen MR) is 115 cm³/mol. The van der Waals surface area contributed by atoms with Gasteiger partial charge in [-0.1, -0.05) is 24.3 Å². The molecule has 1 saturated heterocycles. The molecule has 2 aromatic carbocycles. The van der Waals surface area contributed by atoms with Crippen LogP contribution in [0.15, 0.2) is 48.5 Å². The monoisotopic (exact) mass is 409 g/mol. The summed E-state index contributed by atoms with van der Waals surface area (Å²) in [4.78, 5) is 26.0. The van der Waals surface area contributed by atoms with E-state index in [2.05, 4.69) is 15.5 Å². The van der Waals surface area contributed by atoms with E-state index in [0.29, 0.717) is 29.6 Å². The Hall–Kier alpha value is -2.73. The summed E-state index contributed by atoms with van der Waals surface area (Å²) < 4.78 is 13.1. The van der Waals surface area contributed by atoms with Gasteiger partial charge in [0.15, 0.2) is 5.78 Å². The van der Waals surface area contributed by atoms with E-state index in [9.17, 15) is 14.0 Å². The van der Waals surface area contributed by atoms with Crippen molar-refractivity contribution in [3.8, 4) is 0 Å². The second kappa shape index (κ2) is 8.96. The van der Waals surface area contributed by atoms with Crippen LogP contribution in [0.2, 0.25) is 0 Å². The predicted octanol–water partition coefficient (Wildman–Crippen LogP) is 4.28. The second-order valence-electron chi connectivity index (χ2n) is 8.45. The van der Waals surface area contributed by atoms with Crippen molar-refractivity contribution in [3.05, 3.63) is 65.5 Å². The van der Waals surface area contributed by atoms with E-state index in [-0.39, 0.29) is 17.6 Å². The van der Waals surface area contributed by atoms with Crippen molar-refractivity contribution in [2.24, 2.45) is 11.8 Å². The number of urea groups is 1. The SMILES string of the molecule is CC(=O)c1cccc(NC(=O)NCCCN2C[C@@H]3C[C@H](c4ccc(F)cc4)[C@@H]3C2)c1. The van der Waals surface area contributed by atoms with Crippen LogP contribution >= 0.6 is 0 Å². The molecule has 30 heavy (non-hydrogen) atoms. The van der Waals surface area contributed by atoms with Crippen LogP contribution in [-0.4, -0.2) is 42.9 Å². The van der Waals surface area contributed by atoms with Crippen LogP contribution in [0, 0.1) is 17.7 Å². The summed E-state index contributed by atoms with van der Waals surface area (Å²) in [5, 5.41) is 5.66. The molecule has 0 unspecified atom stereocenters. The molecule has 2 fully saturated rings. The molecule has 3 atom stereocenters. The minimum Gasteiger partial charge on any atom is -0.338 e. The number of halogens is 1. The molecule has 5 nitrogen and oxygen atoms in total. The minimum absolute atomic E-state index is 0.0275. The van der Waals surface area contributed by atoms with Gasteiger partial charge in [-0.3, -0.25) is 4.79 Å². The number of carbonyl (C=O) groups is 2. The molecule has 1 heterocycles. The van der Waals surface area contributed by atoms with Gasteiger partial charge in [-0.25, -0.2) is 9.18 Å². The second-order valence-corrected chi connectivity index (χ2v) is 8.45. The number of nitrogens with zero attached hydrogens (tertiary/aromatic N) is 1. The zero-order valence-electron chi connectivity index (χ0n) is 17.2. The lowest BCUT2D eigenvalue weighted by Crippen LogP contribution is -2.33. The molecular formula is C24H28FN3O2. The molecule has 2 aliphatic rings. The number of carbonyl (C=O) groups excluding carboxylic acids is 2. The first-order valence-corrected chi connectivity index (χ1v) is 10.6. The first kappa shape index (κ1) is 20.5. The summed E-state index contributed by atoms with van der Waals surface area (Å²) in [5.41, 5.74) is 2.45. The summed E-state index contributed by atoms with van der Waals surface area (Å²) in [6.07, 6.45) is 2.08. The molecule has 4 rings (SSSR count). The van der Waals surface area contributed by atoms with Gasteiger partial charge in [-0.2, -0.15) is 0 Å². The number of amides is 2. The van der Waals surface area contributed by atoms with Gasteiger partial charge in [-0.15, -0.1) is 0 Å². The Morgan fingerprint density at radius 1 is 1.13 bits per heavy atom. The normalized spacial score (nSPS) is 22.8. The van der Waals surface area contributed by atoms with Crippen LogP contribution in [0.4, 0.5) is 14.9 Å². The van der Waals surface area contributed by atoms with Crippen LogP contribution in [0.5, 0.6) is 0 Å². The number of likely N-dealkylation sites (tertiary alicyclic amines) is 1. The number of fused-ring (bicyclic) bond motifs is 1. The largest absolute Gasteiger partial charge is 0.338 e. The van der Waals surface area contributed by atoms with E-state index in [4.69, 9.17) is 0 Å². The molecule has 158 valence electrons. The van der Waals surface area contributed by atoms with Gasteiger partial charge < -0.3 is 15.5 Å². The number of hydrogen-bond donors (Lipinski definition) is 2. The van der Waals surface area contributed by atoms with Gasteiger partial charge in [0.2, 0.25) is 0 Å². The Morgan fingerprint density at radius 3 is 2.70 bits per heavy atom. The lowest BCUT2D eigenvalue weighted by Gasteiger charge is -2.40. The Bertz CT molecular complexity index is 915. The fourth-order valence-corrected chi connectivity index (χ4v) is 4.77. The number of hydrogen-bond acceptors (Lipinski definition) is 3. The van der Waals surface area contributed by atoms with Gasteiger partial charge in [0.05, 0.1) is 0 Å². The summed E-state index contributed by atoms with van der Waals surface area (Å²) in [7, 11) is 0. The Labute approximate surface area is 176 Å². The third-order valence-corrected chi connectivity index (χ3v) is 6.40. The number of rotatable bonds is 7. The topological polar surface area (TPSA) is 61.4 Å². The Kier molecular flexibility index (Phi) is 6.13. The average molecular weight is 410 g/mol. The highest BCUT2D eigenvalue weighted by atomic mass is 19.1. The Morgan fingerprint density at radius 2 is 1.93 bits per heavy atom. The number of benzene rings is 2. The van der Waals surface area contributed by atoms with Crippen LogP contribution in [0.25, 0.3) is 0 Å². The lowest BCUT2D eigenvalue weighted by atomic mass is 9.64. The van der Waals surface area contributed by atoms with Crippen molar-refractivity contribution in [1.82, 2.24) is 10.2 Å². The first-order chi connectivity index (χ1) is 14.5. The van der Waals surface area contributed by atoms with Crippen molar-refractivity contribution < 1.29 is 14.0 Å². The standard InChI is InChI=1S/C24H28FN3O2/c1-16(29)18-4-2-5-21(12-18)27-24(30)26-10-3-11-28-14-19-13-22(23(19)15-28)17-6-8-20(25)9-7-17/h2,4-9,12,19,22-23H,3,10-11,13-15H2,1H3,(H2,26,27,30)/t19-,22+,23+/m0/s1. The molecule has 0 bridgehead atoms. The molecule has 1 aliphatic carbocycles. The zero-order chi connectivity index (χ0) is 21.1. The van der Waals surface area contributed by atoms with Crippen molar-refractivity contribution in [2.75, 3.05) is 31.5 Å². The van der Waals surface area contributed by atoms with E-state index in [1.54, 1.807) is 36.4 Å². The van der Waals surface area contributed by atoms with Crippen LogP contribution in [0.3, 0.4) is 0 Å². The minimum atomic E-state index is -0.256. The summed E-state index contributed by atoms with van der Waals surface area (Å²) in [5.74, 6) is 1.76. The maximum Gasteiger partial charge on any atom is 0.319 e. The highest BCUT2D eigenvalue weighted by Gasteiger charge is 2.47. The third-order valence-electron chi connectivity index (χ3n) is 6.40. The molecule has 6 heteroatoms. The maximum atomic E-state index is 13.1. The summed E-state index contributed by atoms with van der Waals surface area (Å²) in [6, 6.07) is 13.6. The maximum absolute atomic E-state index is 13.1. The molecule has 1 aliphatic heterocycles. The molecule has 0 radical (unpaired) electrons. The van der Waals surface area contributed by atoms with Gasteiger partial charge in [-0.05, 0) is 73.9 Å². The van der Waals surface area contributed by atoms with Crippen LogP contribution < -0.4 is 10.6 Å². The van der Waals surface area contributed by atoms with Gasteiger partial charge in [0.25, 0.3) is 0 Å². The number of nitrogens with one attached hydrogen (secondary N) is 2. The van der Waals surface area contributed by atoms with Crippen molar-refractivity contribution in [3.63, 3.8) is 0 Å². The highest BCUT2D eigenvalue weighted by Crippen LogP contribution is 2.51. The summed E-state index contributed by atoms with van der Waals surface area (Å²) in [6.45, 7) is 5.27. The zero-order valence-corrected chi connectivity index (χ0v) is 17.2. The highest BCUT2D eigenvalue weighted by molar-refractivity contribution is 5.96. The number of Topliss-reactive ketones (excluding diaryl/α,β-unsaturated/α-hetero) is 1. The quantitative estimate of drug-likeness (QED) is 0.530. The fraction of sp³-hybridized carbons (Fsp3) is 0.417. The van der Waals surface area contributed by atoms with E-state index in [1.165, 1.54) is 18.9 Å². The molecule has 1 saturated carbocycles. The molecule has 2 amide bonds. The lowest BCUT2D eigenvalue weighted by molar-refractivity contribution is 0.101. The Balaban J connectivity index is 1.16. The van der Waals surface area contributed by atoms with Crippen LogP contribution in [-0.2, 0) is 0 Å². The smallest absolute Gasteiger partial charge is 0.319 e. The number of anilines is 1. The van der Waals surface area contributed by atoms with E-state index >= 15 is 0 Å². The molecule has 0 spiro atoms. The van der Waals surface area contributed by atoms with Gasteiger partial charge >= 0.3 is 6.03 Å². The first-order valence-electron chi connectivity index (χ1n) is 10.6. The van der Waals surface area contributed by atoms with E-state index < -0.39 is 0 Å². The van der Waals surface area contributed by atoms with Crippen molar-refractivity contribution >= 4 is 17.5 Å². The average Bonchev–Trinajstić information content (AvgIpc) is 3.03. The molecular weight excluding hydrogens is 381 g/mol.